The molecule has 2 unspecified atom stereocenters. The van der Waals surface area contributed by atoms with E-state index >= 15 is 0 Å². The number of hydrogen-bond acceptors (Lipinski definition) is 11. The smallest absolute Gasteiger partial charge is 0.412 e. The minimum absolute atomic E-state index is 0.0693. The van der Waals surface area contributed by atoms with Crippen molar-refractivity contribution in [1.82, 2.24) is 10.2 Å². The number of nitrogens with zero attached hydrogens (tertiary/aromatic N) is 2. The Morgan fingerprint density at radius 3 is 2.31 bits per heavy atom. The van der Waals surface area contributed by atoms with E-state index in [1.54, 1.807) is 25.1 Å². The van der Waals surface area contributed by atoms with Crippen molar-refractivity contribution in [3.63, 3.8) is 0 Å². The SMILES string of the molecule is CN(C)c1cc(CNC(=O)Oc2ccc(F)cc2)c(O)c2c1C[C@H]1C[C@H]3[C@H](N(C)C)C(=O)C(C(N)=O)C(=O)[C@@]3(O)C(=O)C1C2=O. The first-order chi connectivity index (χ1) is 21.1. The first kappa shape index (κ1) is 31.7. The number of ether oxygens (including phenoxy) is 1. The van der Waals surface area contributed by atoms with E-state index in [9.17, 15) is 43.4 Å². The van der Waals surface area contributed by atoms with Gasteiger partial charge < -0.3 is 30.9 Å². The summed E-state index contributed by atoms with van der Waals surface area (Å²) in [6.45, 7) is -0.299. The van der Waals surface area contributed by atoms with Crippen LogP contribution in [0.5, 0.6) is 11.5 Å². The molecule has 0 aliphatic heterocycles. The van der Waals surface area contributed by atoms with Crippen LogP contribution in [0.2, 0.25) is 0 Å². The fourth-order valence-corrected chi connectivity index (χ4v) is 7.05. The van der Waals surface area contributed by atoms with Crippen molar-refractivity contribution in [2.24, 2.45) is 29.4 Å². The quantitative estimate of drug-likeness (QED) is 0.324. The third-order valence-corrected chi connectivity index (χ3v) is 9.05. The Morgan fingerprint density at radius 1 is 1.09 bits per heavy atom. The normalized spacial score (nSPS) is 27.4. The first-order valence-electron chi connectivity index (χ1n) is 14.2. The molecule has 14 heteroatoms. The van der Waals surface area contributed by atoms with Gasteiger partial charge in [0.05, 0.1) is 17.5 Å². The number of nitrogens with one attached hydrogen (secondary N) is 1. The van der Waals surface area contributed by atoms with Crippen LogP contribution in [0.15, 0.2) is 30.3 Å². The van der Waals surface area contributed by atoms with Crippen LogP contribution in [0.3, 0.4) is 0 Å². The second kappa shape index (κ2) is 11.3. The van der Waals surface area contributed by atoms with Gasteiger partial charge in [0.1, 0.15) is 17.3 Å². The molecule has 0 heterocycles. The van der Waals surface area contributed by atoms with Crippen molar-refractivity contribution >= 4 is 40.8 Å². The van der Waals surface area contributed by atoms with E-state index in [1.807, 2.05) is 0 Å². The van der Waals surface area contributed by atoms with Crippen LogP contribution in [0.1, 0.15) is 27.9 Å². The van der Waals surface area contributed by atoms with E-state index in [0.717, 1.165) is 12.1 Å². The monoisotopic (exact) mass is 624 g/mol. The van der Waals surface area contributed by atoms with Crippen LogP contribution in [0.25, 0.3) is 0 Å². The molecule has 13 nitrogen and oxygen atoms in total. The number of primary amides is 1. The van der Waals surface area contributed by atoms with Crippen molar-refractivity contribution in [3.05, 3.63) is 52.8 Å². The molecule has 0 spiro atoms. The average molecular weight is 625 g/mol. The Balaban J connectivity index is 1.51. The molecule has 238 valence electrons. The molecule has 3 aliphatic rings. The number of ketones is 4. The maximum absolute atomic E-state index is 14.1. The van der Waals surface area contributed by atoms with Gasteiger partial charge in [-0.2, -0.15) is 0 Å². The molecule has 2 amide bonds. The number of carbonyl (C=O) groups excluding carboxylic acids is 6. The second-order valence-corrected chi connectivity index (χ2v) is 12.1. The number of Topliss-reactive ketones (excluding diaryl/α,β-unsaturated/α-hetero) is 4. The molecular weight excluding hydrogens is 591 g/mol. The zero-order chi connectivity index (χ0) is 33.1. The highest BCUT2D eigenvalue weighted by molar-refractivity contribution is 6.32. The molecule has 2 fully saturated rings. The van der Waals surface area contributed by atoms with E-state index in [0.29, 0.717) is 11.3 Å². The van der Waals surface area contributed by atoms with Crippen LogP contribution < -0.4 is 20.7 Å². The third-order valence-electron chi connectivity index (χ3n) is 9.05. The molecule has 0 aromatic heterocycles. The Kier molecular flexibility index (Phi) is 8.00. The van der Waals surface area contributed by atoms with Gasteiger partial charge in [0.2, 0.25) is 5.91 Å². The number of phenols is 1. The van der Waals surface area contributed by atoms with Crippen LogP contribution in [-0.4, -0.2) is 90.1 Å². The number of phenolic OH excluding ortho intramolecular Hbond substituents is 1. The lowest BCUT2D eigenvalue weighted by Gasteiger charge is -2.52. The van der Waals surface area contributed by atoms with Crippen molar-refractivity contribution in [3.8, 4) is 11.5 Å². The second-order valence-electron chi connectivity index (χ2n) is 12.1. The van der Waals surface area contributed by atoms with Gasteiger partial charge in [-0.25, -0.2) is 9.18 Å². The Labute approximate surface area is 257 Å². The number of likely N-dealkylation sites (N-methyl/N-ethyl adjacent to an activating group) is 1. The third kappa shape index (κ3) is 5.03. The summed E-state index contributed by atoms with van der Waals surface area (Å²) in [7, 11) is 6.45. The lowest BCUT2D eigenvalue weighted by Crippen LogP contribution is -2.74. The molecule has 5 rings (SSSR count). The molecule has 2 aromatic carbocycles. The van der Waals surface area contributed by atoms with Gasteiger partial charge in [-0.05, 0) is 68.8 Å². The highest BCUT2D eigenvalue weighted by atomic mass is 19.1. The van der Waals surface area contributed by atoms with Gasteiger partial charge >= 0.3 is 6.09 Å². The summed E-state index contributed by atoms with van der Waals surface area (Å²) in [5.74, 6) is -12.0. The Bertz CT molecular complexity index is 1640. The summed E-state index contributed by atoms with van der Waals surface area (Å²) < 4.78 is 18.3. The molecule has 0 saturated heterocycles. The molecule has 2 saturated carbocycles. The maximum atomic E-state index is 14.1. The number of aromatic hydroxyl groups is 1. The topological polar surface area (TPSA) is 197 Å². The molecule has 45 heavy (non-hydrogen) atoms. The van der Waals surface area contributed by atoms with E-state index in [4.69, 9.17) is 10.5 Å². The molecule has 0 radical (unpaired) electrons. The summed E-state index contributed by atoms with van der Waals surface area (Å²) in [6, 6.07) is 5.11. The van der Waals surface area contributed by atoms with Crippen molar-refractivity contribution < 1.29 is 48.1 Å². The number of anilines is 1. The van der Waals surface area contributed by atoms with Gasteiger partial charge in [0.15, 0.2) is 34.7 Å². The van der Waals surface area contributed by atoms with E-state index in [1.165, 1.54) is 31.1 Å². The van der Waals surface area contributed by atoms with E-state index < -0.39 is 82.0 Å². The minimum atomic E-state index is -2.83. The standard InChI is InChI=1S/C31H33FN4O9/c1-35(2)19-11-14(12-34-30(43)45-16-7-5-15(32)6-8-16)24(37)21-17(19)9-13-10-18-23(36(3)4)26(39)22(29(33)42)28(41)31(18,44)27(40)20(13)25(21)38/h5-8,11,13,18,20,22-23,37,44H,9-10,12H2,1-4H3,(H2,33,42)(H,34,43)/t13-,18-,20?,22?,23-,31-/m0/s1. The van der Waals surface area contributed by atoms with Crippen molar-refractivity contribution in [2.45, 2.75) is 31.0 Å². The average Bonchev–Trinajstić information content (AvgIpc) is 2.95. The van der Waals surface area contributed by atoms with Gasteiger partial charge in [-0.1, -0.05) is 0 Å². The number of benzene rings is 2. The molecule has 3 aliphatic carbocycles. The number of hydrogen-bond donors (Lipinski definition) is 4. The van der Waals surface area contributed by atoms with Crippen LogP contribution in [0.4, 0.5) is 14.9 Å². The van der Waals surface area contributed by atoms with E-state index in [2.05, 4.69) is 5.32 Å². The molecule has 5 N–H and O–H groups in total. The summed E-state index contributed by atoms with van der Waals surface area (Å²) in [6.07, 6.45) is -0.902. The van der Waals surface area contributed by atoms with Gasteiger partial charge in [0.25, 0.3) is 0 Å². The highest BCUT2D eigenvalue weighted by Crippen LogP contribution is 2.52. The Morgan fingerprint density at radius 2 is 1.73 bits per heavy atom. The van der Waals surface area contributed by atoms with Crippen molar-refractivity contribution in [2.75, 3.05) is 33.1 Å². The highest BCUT2D eigenvalue weighted by Gasteiger charge is 2.69. The van der Waals surface area contributed by atoms with Gasteiger partial charge in [0, 0.05) is 37.8 Å². The lowest BCUT2D eigenvalue weighted by molar-refractivity contribution is -0.181. The number of fused-ring (bicyclic) bond motifs is 3. The molecule has 6 atom stereocenters. The predicted molar refractivity (Wildman–Crippen MR) is 155 cm³/mol. The minimum Gasteiger partial charge on any atom is -0.507 e. The molecule has 0 bridgehead atoms. The maximum Gasteiger partial charge on any atom is 0.412 e. The van der Waals surface area contributed by atoms with Gasteiger partial charge in [-0.15, -0.1) is 0 Å². The zero-order valence-corrected chi connectivity index (χ0v) is 25.0. The zero-order valence-electron chi connectivity index (χ0n) is 25.0. The summed E-state index contributed by atoms with van der Waals surface area (Å²) >= 11 is 0. The predicted octanol–water partition coefficient (Wildman–Crippen LogP) is 0.361. The molecule has 2 aromatic rings. The molecular formula is C31H33FN4O9. The number of halogens is 1. The number of amides is 2. The number of rotatable bonds is 6. The van der Waals surface area contributed by atoms with Crippen LogP contribution >= 0.6 is 0 Å². The number of aliphatic hydroxyl groups is 1. The number of carbonyl (C=O) groups is 6. The van der Waals surface area contributed by atoms with Gasteiger partial charge in [-0.3, -0.25) is 28.9 Å². The fraction of sp³-hybridized carbons (Fsp3) is 0.419. The fourth-order valence-electron chi connectivity index (χ4n) is 7.05. The Hall–Kier alpha value is -4.69. The summed E-state index contributed by atoms with van der Waals surface area (Å²) in [4.78, 5) is 82.5. The van der Waals surface area contributed by atoms with Crippen molar-refractivity contribution in [1.29, 1.82) is 0 Å². The van der Waals surface area contributed by atoms with Crippen LogP contribution in [-0.2, 0) is 32.1 Å². The summed E-state index contributed by atoms with van der Waals surface area (Å²) in [5, 5.41) is 25.5. The summed E-state index contributed by atoms with van der Waals surface area (Å²) in [5.41, 5.74) is 3.38. The first-order valence-corrected chi connectivity index (χ1v) is 14.2. The number of nitrogens with two attached hydrogens (primary N) is 1. The largest absolute Gasteiger partial charge is 0.507 e. The van der Waals surface area contributed by atoms with E-state index in [-0.39, 0.29) is 36.3 Å². The lowest BCUT2D eigenvalue weighted by atomic mass is 9.52. The van der Waals surface area contributed by atoms with Crippen LogP contribution in [0, 0.1) is 29.5 Å².